The van der Waals surface area contributed by atoms with Gasteiger partial charge in [-0.1, -0.05) is 10.3 Å². The van der Waals surface area contributed by atoms with Crippen LogP contribution in [0.5, 0.6) is 0 Å². The highest BCUT2D eigenvalue weighted by Gasteiger charge is 2.28. The van der Waals surface area contributed by atoms with E-state index in [1.54, 1.807) is 19.9 Å². The number of rotatable bonds is 4. The molecule has 0 amide bonds. The van der Waals surface area contributed by atoms with Gasteiger partial charge in [-0.2, -0.15) is 4.98 Å². The van der Waals surface area contributed by atoms with Gasteiger partial charge in [0.1, 0.15) is 11.0 Å². The molecule has 0 fully saturated rings. The molecular formula is C10H13N3O4S. The van der Waals surface area contributed by atoms with Crippen molar-refractivity contribution in [2.24, 2.45) is 0 Å². The van der Waals surface area contributed by atoms with Crippen LogP contribution >= 0.6 is 0 Å². The summed E-state index contributed by atoms with van der Waals surface area (Å²) in [4.78, 5) is 3.92. The van der Waals surface area contributed by atoms with Crippen molar-refractivity contribution in [3.63, 3.8) is 0 Å². The Labute approximate surface area is 104 Å². The first-order chi connectivity index (χ1) is 8.38. The molecule has 18 heavy (non-hydrogen) atoms. The molecule has 0 saturated heterocycles. The van der Waals surface area contributed by atoms with Gasteiger partial charge in [0.15, 0.2) is 15.7 Å². The van der Waals surface area contributed by atoms with E-state index in [1.807, 2.05) is 0 Å². The normalized spacial score (nSPS) is 13.7. The van der Waals surface area contributed by atoms with E-state index in [-0.39, 0.29) is 11.6 Å². The van der Waals surface area contributed by atoms with E-state index < -0.39 is 15.1 Å². The molecule has 0 aliphatic heterocycles. The smallest absolute Gasteiger partial charge is 0.244 e. The average Bonchev–Trinajstić information content (AvgIpc) is 2.86. The van der Waals surface area contributed by atoms with Crippen LogP contribution in [0.2, 0.25) is 0 Å². The lowest BCUT2D eigenvalue weighted by atomic mass is 10.4. The summed E-state index contributed by atoms with van der Waals surface area (Å²) >= 11 is 0. The van der Waals surface area contributed by atoms with Crippen molar-refractivity contribution in [1.82, 2.24) is 15.3 Å². The molecule has 0 N–H and O–H groups in total. The minimum absolute atomic E-state index is 0.0905. The first-order valence-electron chi connectivity index (χ1n) is 5.32. The summed E-state index contributed by atoms with van der Waals surface area (Å²) in [5.41, 5.74) is 0.371. The van der Waals surface area contributed by atoms with E-state index >= 15 is 0 Å². The number of aromatic nitrogens is 3. The first-order valence-corrected chi connectivity index (χ1v) is 7.04. The minimum Gasteiger partial charge on any atom is -0.361 e. The lowest BCUT2D eigenvalue weighted by Crippen LogP contribution is -2.13. The molecule has 1 atom stereocenters. The van der Waals surface area contributed by atoms with Crippen LogP contribution in [0.15, 0.2) is 15.1 Å². The number of hydrogen-bond acceptors (Lipinski definition) is 7. The molecule has 2 heterocycles. The van der Waals surface area contributed by atoms with Crippen molar-refractivity contribution >= 4 is 9.84 Å². The van der Waals surface area contributed by atoms with Crippen LogP contribution in [0, 0.1) is 13.8 Å². The van der Waals surface area contributed by atoms with Gasteiger partial charge in [-0.25, -0.2) is 8.42 Å². The third kappa shape index (κ3) is 2.58. The zero-order valence-electron chi connectivity index (χ0n) is 10.2. The summed E-state index contributed by atoms with van der Waals surface area (Å²) in [5, 5.41) is 6.37. The van der Waals surface area contributed by atoms with E-state index in [0.717, 1.165) is 0 Å². The summed E-state index contributed by atoms with van der Waals surface area (Å²) in [5.74, 6) is 0.853. The lowest BCUT2D eigenvalue weighted by molar-refractivity contribution is 0.372. The van der Waals surface area contributed by atoms with E-state index in [2.05, 4.69) is 15.3 Å². The molecule has 2 aromatic heterocycles. The topological polar surface area (TPSA) is 99.1 Å². The molecule has 2 rings (SSSR count). The summed E-state index contributed by atoms with van der Waals surface area (Å²) in [6, 6.07) is 1.59. The van der Waals surface area contributed by atoms with E-state index in [4.69, 9.17) is 9.05 Å². The van der Waals surface area contributed by atoms with Crippen LogP contribution < -0.4 is 0 Å². The van der Waals surface area contributed by atoms with Crippen LogP contribution in [0.4, 0.5) is 0 Å². The minimum atomic E-state index is -3.46. The Kier molecular flexibility index (Phi) is 3.20. The Morgan fingerprint density at radius 3 is 2.50 bits per heavy atom. The Bertz CT molecular complexity index is 644. The highest BCUT2D eigenvalue weighted by atomic mass is 32.2. The summed E-state index contributed by atoms with van der Waals surface area (Å²) in [6.45, 7) is 4.84. The summed E-state index contributed by atoms with van der Waals surface area (Å²) in [7, 11) is -3.46. The van der Waals surface area contributed by atoms with Gasteiger partial charge < -0.3 is 9.05 Å². The van der Waals surface area contributed by atoms with E-state index in [9.17, 15) is 8.42 Å². The van der Waals surface area contributed by atoms with Crippen molar-refractivity contribution < 1.29 is 17.5 Å². The molecule has 2 aromatic rings. The van der Waals surface area contributed by atoms with Gasteiger partial charge in [0.05, 0.1) is 11.4 Å². The molecule has 0 aliphatic carbocycles. The molecule has 7 nitrogen and oxygen atoms in total. The Morgan fingerprint density at radius 2 is 2.00 bits per heavy atom. The van der Waals surface area contributed by atoms with Gasteiger partial charge >= 0.3 is 0 Å². The second-order valence-corrected chi connectivity index (χ2v) is 6.38. The van der Waals surface area contributed by atoms with Crippen LogP contribution in [0.1, 0.15) is 35.3 Å². The lowest BCUT2D eigenvalue weighted by Gasteiger charge is -2.06. The monoisotopic (exact) mass is 271 g/mol. The second-order valence-electron chi connectivity index (χ2n) is 4.06. The molecule has 0 bridgehead atoms. The van der Waals surface area contributed by atoms with Crippen molar-refractivity contribution in [2.75, 3.05) is 0 Å². The molecule has 0 aromatic carbocycles. The summed E-state index contributed by atoms with van der Waals surface area (Å²) in [6.07, 6.45) is 0. The fraction of sp³-hybridized carbons (Fsp3) is 0.500. The van der Waals surface area contributed by atoms with Gasteiger partial charge in [0, 0.05) is 6.07 Å². The van der Waals surface area contributed by atoms with Gasteiger partial charge in [-0.3, -0.25) is 0 Å². The molecule has 0 spiro atoms. The Balaban J connectivity index is 2.20. The molecule has 0 radical (unpaired) electrons. The number of sulfone groups is 1. The highest BCUT2D eigenvalue weighted by molar-refractivity contribution is 7.90. The van der Waals surface area contributed by atoms with Gasteiger partial charge in [0.25, 0.3) is 0 Å². The predicted molar refractivity (Wildman–Crippen MR) is 61.3 cm³/mol. The molecule has 98 valence electrons. The third-order valence-corrected chi connectivity index (χ3v) is 4.43. The van der Waals surface area contributed by atoms with Crippen molar-refractivity contribution in [2.45, 2.75) is 31.8 Å². The maximum atomic E-state index is 12.1. The van der Waals surface area contributed by atoms with Crippen molar-refractivity contribution in [3.8, 4) is 0 Å². The number of aryl methyl sites for hydroxylation is 2. The van der Waals surface area contributed by atoms with Crippen LogP contribution in [-0.4, -0.2) is 23.7 Å². The highest BCUT2D eigenvalue weighted by Crippen LogP contribution is 2.23. The van der Waals surface area contributed by atoms with Crippen molar-refractivity contribution in [3.05, 3.63) is 29.2 Å². The fourth-order valence-electron chi connectivity index (χ4n) is 1.45. The zero-order chi connectivity index (χ0) is 13.3. The van der Waals surface area contributed by atoms with Gasteiger partial charge in [0.2, 0.25) is 5.89 Å². The SMILES string of the molecule is Cc1noc([C@H](C)S(=O)(=O)Cc2cc(C)on2)n1. The van der Waals surface area contributed by atoms with Gasteiger partial charge in [-0.05, 0) is 20.8 Å². The average molecular weight is 271 g/mol. The molecule has 0 saturated carbocycles. The predicted octanol–water partition coefficient (Wildman–Crippen LogP) is 1.35. The maximum absolute atomic E-state index is 12.1. The first kappa shape index (κ1) is 12.7. The quantitative estimate of drug-likeness (QED) is 0.827. The zero-order valence-corrected chi connectivity index (χ0v) is 11.1. The van der Waals surface area contributed by atoms with Gasteiger partial charge in [-0.15, -0.1) is 0 Å². The number of hydrogen-bond donors (Lipinski definition) is 0. The Hall–Kier alpha value is -1.70. The van der Waals surface area contributed by atoms with Crippen LogP contribution in [0.25, 0.3) is 0 Å². The second kappa shape index (κ2) is 4.52. The largest absolute Gasteiger partial charge is 0.361 e. The standard InChI is InChI=1S/C10H13N3O4S/c1-6-4-9(13-16-6)5-18(14,15)7(2)10-11-8(3)12-17-10/h4,7H,5H2,1-3H3/t7-/m0/s1. The van der Waals surface area contributed by atoms with E-state index in [0.29, 0.717) is 17.3 Å². The Morgan fingerprint density at radius 1 is 1.28 bits per heavy atom. The maximum Gasteiger partial charge on any atom is 0.244 e. The van der Waals surface area contributed by atoms with Crippen molar-refractivity contribution in [1.29, 1.82) is 0 Å². The fourth-order valence-corrected chi connectivity index (χ4v) is 2.65. The molecule has 0 aliphatic rings. The summed E-state index contributed by atoms with van der Waals surface area (Å²) < 4.78 is 33.9. The van der Waals surface area contributed by atoms with E-state index in [1.165, 1.54) is 6.92 Å². The third-order valence-electron chi connectivity index (χ3n) is 2.46. The molecule has 0 unspecified atom stereocenters. The van der Waals surface area contributed by atoms with Crippen LogP contribution in [0.3, 0.4) is 0 Å². The molecular weight excluding hydrogens is 258 g/mol. The molecule has 8 heteroatoms. The van der Waals surface area contributed by atoms with Crippen LogP contribution in [-0.2, 0) is 15.6 Å². The number of nitrogens with zero attached hydrogens (tertiary/aromatic N) is 3.